The van der Waals surface area contributed by atoms with Crippen LogP contribution in [0.3, 0.4) is 0 Å². The molecular formula is C19H14O3. The Morgan fingerprint density at radius 1 is 0.909 bits per heavy atom. The molecule has 1 aromatic heterocycles. The number of para-hydroxylation sites is 1. The Morgan fingerprint density at radius 3 is 2.45 bits per heavy atom. The highest BCUT2D eigenvalue weighted by Gasteiger charge is 2.08. The van der Waals surface area contributed by atoms with Gasteiger partial charge in [-0.15, -0.1) is 0 Å². The molecule has 108 valence electrons. The summed E-state index contributed by atoms with van der Waals surface area (Å²) in [4.78, 5) is 11.9. The zero-order valence-electron chi connectivity index (χ0n) is 11.8. The second-order valence-electron chi connectivity index (χ2n) is 4.63. The highest BCUT2D eigenvalue weighted by Crippen LogP contribution is 2.29. The number of benzene rings is 2. The lowest BCUT2D eigenvalue weighted by Gasteiger charge is -2.08. The summed E-state index contributed by atoms with van der Waals surface area (Å²) in [6, 6.07) is 20.8. The van der Waals surface area contributed by atoms with Gasteiger partial charge in [0.15, 0.2) is 0 Å². The third kappa shape index (κ3) is 3.33. The van der Waals surface area contributed by atoms with Crippen molar-refractivity contribution in [2.24, 2.45) is 0 Å². The molecule has 0 amide bonds. The molecule has 3 rings (SSSR count). The van der Waals surface area contributed by atoms with Gasteiger partial charge in [-0.1, -0.05) is 48.5 Å². The molecule has 0 radical (unpaired) electrons. The Balaban J connectivity index is 1.80. The van der Waals surface area contributed by atoms with Crippen LogP contribution in [0, 0.1) is 0 Å². The van der Waals surface area contributed by atoms with E-state index >= 15 is 0 Å². The summed E-state index contributed by atoms with van der Waals surface area (Å²) in [7, 11) is 0. The predicted octanol–water partition coefficient (Wildman–Crippen LogP) is 4.57. The lowest BCUT2D eigenvalue weighted by atomic mass is 10.1. The molecule has 3 aromatic rings. The molecule has 0 saturated heterocycles. The summed E-state index contributed by atoms with van der Waals surface area (Å²) >= 11 is 0. The molecule has 0 aliphatic carbocycles. The second kappa shape index (κ2) is 6.59. The number of rotatable bonds is 4. The van der Waals surface area contributed by atoms with E-state index in [0.29, 0.717) is 11.5 Å². The Labute approximate surface area is 128 Å². The summed E-state index contributed by atoms with van der Waals surface area (Å²) in [6.45, 7) is 0. The molecule has 0 bridgehead atoms. The van der Waals surface area contributed by atoms with Gasteiger partial charge in [0, 0.05) is 11.6 Å². The lowest BCUT2D eigenvalue weighted by molar-refractivity contribution is -0.128. The van der Waals surface area contributed by atoms with E-state index in [0.717, 1.165) is 11.1 Å². The number of ether oxygens (including phenoxy) is 1. The van der Waals surface area contributed by atoms with Crippen molar-refractivity contribution in [1.29, 1.82) is 0 Å². The van der Waals surface area contributed by atoms with Crippen molar-refractivity contribution in [2.45, 2.75) is 0 Å². The standard InChI is InChI=1S/C19H14O3/c20-19(13-12-16-9-6-14-21-16)22-18-11-5-4-10-17(18)15-7-2-1-3-8-15/h1-14H. The third-order valence-electron chi connectivity index (χ3n) is 3.11. The number of hydrogen-bond acceptors (Lipinski definition) is 3. The van der Waals surface area contributed by atoms with E-state index in [4.69, 9.17) is 9.15 Å². The first kappa shape index (κ1) is 13.9. The van der Waals surface area contributed by atoms with Gasteiger partial charge in [-0.3, -0.25) is 0 Å². The highest BCUT2D eigenvalue weighted by molar-refractivity contribution is 5.89. The van der Waals surface area contributed by atoms with E-state index in [1.54, 1.807) is 30.5 Å². The van der Waals surface area contributed by atoms with Crippen molar-refractivity contribution in [3.8, 4) is 16.9 Å². The van der Waals surface area contributed by atoms with Gasteiger partial charge in [0.1, 0.15) is 11.5 Å². The fraction of sp³-hybridized carbons (Fsp3) is 0. The van der Waals surface area contributed by atoms with Gasteiger partial charge in [-0.05, 0) is 29.8 Å². The number of carbonyl (C=O) groups is 1. The van der Waals surface area contributed by atoms with Crippen LogP contribution in [0.4, 0.5) is 0 Å². The number of esters is 1. The molecule has 22 heavy (non-hydrogen) atoms. The molecule has 0 N–H and O–H groups in total. The number of carbonyl (C=O) groups excluding carboxylic acids is 1. The van der Waals surface area contributed by atoms with E-state index in [-0.39, 0.29) is 0 Å². The first-order chi connectivity index (χ1) is 10.8. The molecule has 0 unspecified atom stereocenters. The van der Waals surface area contributed by atoms with E-state index in [1.165, 1.54) is 6.08 Å². The zero-order valence-corrected chi connectivity index (χ0v) is 11.8. The average Bonchev–Trinajstić information content (AvgIpc) is 3.08. The Kier molecular flexibility index (Phi) is 4.16. The van der Waals surface area contributed by atoms with Gasteiger partial charge in [0.25, 0.3) is 0 Å². The number of furan rings is 1. The third-order valence-corrected chi connectivity index (χ3v) is 3.11. The quantitative estimate of drug-likeness (QED) is 0.401. The van der Waals surface area contributed by atoms with Crippen molar-refractivity contribution in [3.63, 3.8) is 0 Å². The fourth-order valence-corrected chi connectivity index (χ4v) is 2.09. The van der Waals surface area contributed by atoms with Crippen LogP contribution >= 0.6 is 0 Å². The van der Waals surface area contributed by atoms with E-state index in [2.05, 4.69) is 0 Å². The molecule has 2 aromatic carbocycles. The van der Waals surface area contributed by atoms with Crippen LogP contribution in [-0.4, -0.2) is 5.97 Å². The summed E-state index contributed by atoms with van der Waals surface area (Å²) in [6.07, 6.45) is 4.48. The maximum absolute atomic E-state index is 11.9. The monoisotopic (exact) mass is 290 g/mol. The van der Waals surface area contributed by atoms with Crippen molar-refractivity contribution in [1.82, 2.24) is 0 Å². The molecule has 3 heteroatoms. The molecule has 0 spiro atoms. The van der Waals surface area contributed by atoms with Crippen molar-refractivity contribution in [3.05, 3.63) is 84.8 Å². The maximum atomic E-state index is 11.9. The maximum Gasteiger partial charge on any atom is 0.336 e. The molecule has 1 heterocycles. The largest absolute Gasteiger partial charge is 0.465 e. The van der Waals surface area contributed by atoms with E-state index in [9.17, 15) is 4.79 Å². The molecular weight excluding hydrogens is 276 g/mol. The first-order valence-electron chi connectivity index (χ1n) is 6.91. The molecule has 0 aliphatic rings. The minimum absolute atomic E-state index is 0.445. The average molecular weight is 290 g/mol. The van der Waals surface area contributed by atoms with E-state index < -0.39 is 5.97 Å². The highest BCUT2D eigenvalue weighted by atomic mass is 16.5. The van der Waals surface area contributed by atoms with Gasteiger partial charge in [-0.2, -0.15) is 0 Å². The summed E-state index contributed by atoms with van der Waals surface area (Å²) in [5.74, 6) is 0.691. The van der Waals surface area contributed by atoms with Crippen LogP contribution in [0.5, 0.6) is 5.75 Å². The zero-order chi connectivity index (χ0) is 15.2. The fourth-order valence-electron chi connectivity index (χ4n) is 2.09. The van der Waals surface area contributed by atoms with Crippen molar-refractivity contribution < 1.29 is 13.9 Å². The molecule has 0 fully saturated rings. The predicted molar refractivity (Wildman–Crippen MR) is 85.3 cm³/mol. The topological polar surface area (TPSA) is 39.4 Å². The van der Waals surface area contributed by atoms with Gasteiger partial charge in [0.2, 0.25) is 0 Å². The number of hydrogen-bond donors (Lipinski definition) is 0. The van der Waals surface area contributed by atoms with Crippen LogP contribution < -0.4 is 4.74 Å². The van der Waals surface area contributed by atoms with Crippen LogP contribution in [0.25, 0.3) is 17.2 Å². The lowest BCUT2D eigenvalue weighted by Crippen LogP contribution is -2.04. The minimum Gasteiger partial charge on any atom is -0.465 e. The van der Waals surface area contributed by atoms with Crippen LogP contribution in [0.15, 0.2) is 83.5 Å². The van der Waals surface area contributed by atoms with Gasteiger partial charge < -0.3 is 9.15 Å². The molecule has 0 aliphatic heterocycles. The molecule has 0 saturated carbocycles. The van der Waals surface area contributed by atoms with Crippen molar-refractivity contribution in [2.75, 3.05) is 0 Å². The van der Waals surface area contributed by atoms with Crippen molar-refractivity contribution >= 4 is 12.0 Å². The summed E-state index contributed by atoms with van der Waals surface area (Å²) in [5, 5.41) is 0. The van der Waals surface area contributed by atoms with Gasteiger partial charge in [0.05, 0.1) is 6.26 Å². The Hall–Kier alpha value is -3.07. The second-order valence-corrected chi connectivity index (χ2v) is 4.63. The Bertz CT molecular complexity index is 771. The van der Waals surface area contributed by atoms with Crippen LogP contribution in [0.1, 0.15) is 5.76 Å². The van der Waals surface area contributed by atoms with Gasteiger partial charge >= 0.3 is 5.97 Å². The summed E-state index contributed by atoms with van der Waals surface area (Å²) < 4.78 is 10.6. The van der Waals surface area contributed by atoms with Gasteiger partial charge in [-0.25, -0.2) is 4.79 Å². The van der Waals surface area contributed by atoms with Crippen LogP contribution in [0.2, 0.25) is 0 Å². The Morgan fingerprint density at radius 2 is 1.68 bits per heavy atom. The van der Waals surface area contributed by atoms with Crippen LogP contribution in [-0.2, 0) is 4.79 Å². The normalized spacial score (nSPS) is 10.7. The summed E-state index contributed by atoms with van der Waals surface area (Å²) in [5.41, 5.74) is 1.88. The SMILES string of the molecule is O=C(C=Cc1ccco1)Oc1ccccc1-c1ccccc1. The smallest absolute Gasteiger partial charge is 0.336 e. The minimum atomic E-state index is -0.445. The molecule has 0 atom stereocenters. The molecule has 3 nitrogen and oxygen atoms in total. The van der Waals surface area contributed by atoms with E-state index in [1.807, 2.05) is 48.5 Å². The first-order valence-corrected chi connectivity index (χ1v) is 6.91.